The summed E-state index contributed by atoms with van der Waals surface area (Å²) >= 11 is 0. The largest absolute Gasteiger partial charge is 0.465 e. The van der Waals surface area contributed by atoms with Crippen molar-refractivity contribution in [2.75, 3.05) is 50.1 Å². The number of ether oxygens (including phenoxy) is 1. The van der Waals surface area contributed by atoms with Gasteiger partial charge in [0.15, 0.2) is 11.5 Å². The van der Waals surface area contributed by atoms with Gasteiger partial charge < -0.3 is 19.9 Å². The maximum Gasteiger partial charge on any atom is 0.339 e. The zero-order valence-corrected chi connectivity index (χ0v) is 15.5. The highest BCUT2D eigenvalue weighted by Crippen LogP contribution is 2.18. The van der Waals surface area contributed by atoms with Gasteiger partial charge in [0.05, 0.1) is 18.4 Å². The molecule has 2 heterocycles. The van der Waals surface area contributed by atoms with Gasteiger partial charge in [-0.05, 0) is 30.8 Å². The molecule has 27 heavy (non-hydrogen) atoms. The molecule has 1 aromatic carbocycles. The maximum atomic E-state index is 12.5. The average molecular weight is 369 g/mol. The minimum Gasteiger partial charge on any atom is -0.465 e. The molecule has 2 aromatic rings. The number of carbonyl (C=O) groups is 2. The first-order valence-corrected chi connectivity index (χ1v) is 8.92. The van der Waals surface area contributed by atoms with Crippen molar-refractivity contribution in [1.29, 1.82) is 0 Å². The van der Waals surface area contributed by atoms with Crippen LogP contribution >= 0.6 is 0 Å². The minimum absolute atomic E-state index is 0.186. The molecule has 0 spiro atoms. The van der Waals surface area contributed by atoms with E-state index in [1.54, 1.807) is 36.4 Å². The predicted octanol–water partition coefficient (Wildman–Crippen LogP) is 1.66. The molecule has 1 fully saturated rings. The molecule has 8 heteroatoms. The molecule has 1 aliphatic rings. The lowest BCUT2D eigenvalue weighted by Gasteiger charge is -2.34. The molecule has 0 radical (unpaired) electrons. The van der Waals surface area contributed by atoms with Crippen molar-refractivity contribution in [2.45, 2.75) is 6.92 Å². The smallest absolute Gasteiger partial charge is 0.339 e. The molecule has 3 rings (SSSR count). The number of aromatic nitrogens is 2. The van der Waals surface area contributed by atoms with Crippen molar-refractivity contribution in [3.8, 4) is 0 Å². The second-order valence-corrected chi connectivity index (χ2v) is 6.19. The van der Waals surface area contributed by atoms with E-state index in [4.69, 9.17) is 4.74 Å². The Morgan fingerprint density at radius 2 is 1.81 bits per heavy atom. The Kier molecular flexibility index (Phi) is 5.97. The first-order valence-electron chi connectivity index (χ1n) is 8.92. The van der Waals surface area contributed by atoms with Gasteiger partial charge in [-0.2, -0.15) is 0 Å². The van der Waals surface area contributed by atoms with Crippen molar-refractivity contribution >= 4 is 23.4 Å². The average Bonchev–Trinajstić information content (AvgIpc) is 2.73. The van der Waals surface area contributed by atoms with Crippen molar-refractivity contribution < 1.29 is 14.3 Å². The lowest BCUT2D eigenvalue weighted by molar-refractivity contribution is 0.0602. The Morgan fingerprint density at radius 1 is 1.07 bits per heavy atom. The van der Waals surface area contributed by atoms with Gasteiger partial charge in [-0.25, -0.2) is 4.79 Å². The predicted molar refractivity (Wildman–Crippen MR) is 102 cm³/mol. The van der Waals surface area contributed by atoms with Crippen LogP contribution in [0.5, 0.6) is 0 Å². The molecule has 1 amide bonds. The van der Waals surface area contributed by atoms with Crippen LogP contribution in [-0.4, -0.2) is 66.8 Å². The Balaban J connectivity index is 1.67. The second-order valence-electron chi connectivity index (χ2n) is 6.19. The number of hydrogen-bond acceptors (Lipinski definition) is 7. The molecule has 0 atom stereocenters. The van der Waals surface area contributed by atoms with E-state index in [0.29, 0.717) is 5.69 Å². The summed E-state index contributed by atoms with van der Waals surface area (Å²) < 4.78 is 4.74. The molecule has 142 valence electrons. The molecule has 1 saturated heterocycles. The van der Waals surface area contributed by atoms with Crippen molar-refractivity contribution in [1.82, 2.24) is 15.1 Å². The van der Waals surface area contributed by atoms with Crippen LogP contribution in [0.15, 0.2) is 36.4 Å². The summed E-state index contributed by atoms with van der Waals surface area (Å²) in [6, 6.07) is 10.1. The molecular weight excluding hydrogens is 346 g/mol. The number of methoxy groups -OCH3 is 1. The number of rotatable bonds is 5. The summed E-state index contributed by atoms with van der Waals surface area (Å²) in [6.45, 7) is 6.96. The van der Waals surface area contributed by atoms with Crippen LogP contribution in [0.2, 0.25) is 0 Å². The number of para-hydroxylation sites is 1. The molecule has 0 saturated carbocycles. The number of esters is 1. The van der Waals surface area contributed by atoms with Crippen molar-refractivity contribution in [2.24, 2.45) is 0 Å². The van der Waals surface area contributed by atoms with Gasteiger partial charge in [-0.3, -0.25) is 4.79 Å². The van der Waals surface area contributed by atoms with Crippen molar-refractivity contribution in [3.05, 3.63) is 47.7 Å². The lowest BCUT2D eigenvalue weighted by Crippen LogP contribution is -2.46. The first kappa shape index (κ1) is 18.8. The zero-order chi connectivity index (χ0) is 19.2. The number of nitrogens with one attached hydrogen (secondary N) is 1. The van der Waals surface area contributed by atoms with E-state index < -0.39 is 11.9 Å². The van der Waals surface area contributed by atoms with E-state index >= 15 is 0 Å². The standard InChI is InChI=1S/C19H23N5O3/c1-3-23-10-12-24(13-11-23)17-9-8-16(21-22-17)18(25)20-15-7-5-4-6-14(15)19(26)27-2/h4-9H,3,10-13H2,1-2H3,(H,20,25). The Labute approximate surface area is 158 Å². The van der Waals surface area contributed by atoms with Gasteiger partial charge in [0, 0.05) is 26.2 Å². The summed E-state index contributed by atoms with van der Waals surface area (Å²) in [7, 11) is 1.30. The number of benzene rings is 1. The van der Waals surface area contributed by atoms with E-state index in [1.165, 1.54) is 7.11 Å². The first-order chi connectivity index (χ1) is 13.1. The van der Waals surface area contributed by atoms with Crippen LogP contribution in [0.1, 0.15) is 27.8 Å². The van der Waals surface area contributed by atoms with Crippen LogP contribution in [0.25, 0.3) is 0 Å². The normalized spacial score (nSPS) is 14.7. The molecule has 1 aromatic heterocycles. The maximum absolute atomic E-state index is 12.5. The monoisotopic (exact) mass is 369 g/mol. The van der Waals surface area contributed by atoms with Crippen LogP contribution in [0, 0.1) is 0 Å². The molecule has 0 aliphatic carbocycles. The number of amides is 1. The summed E-state index contributed by atoms with van der Waals surface area (Å²) in [4.78, 5) is 28.8. The SMILES string of the molecule is CCN1CCN(c2ccc(C(=O)Nc3ccccc3C(=O)OC)nn2)CC1. The third-order valence-corrected chi connectivity index (χ3v) is 4.61. The zero-order valence-electron chi connectivity index (χ0n) is 15.5. The molecule has 1 N–H and O–H groups in total. The van der Waals surface area contributed by atoms with Gasteiger partial charge in [-0.1, -0.05) is 19.1 Å². The van der Waals surface area contributed by atoms with E-state index in [9.17, 15) is 9.59 Å². The number of hydrogen-bond donors (Lipinski definition) is 1. The number of piperazine rings is 1. The van der Waals surface area contributed by atoms with Gasteiger partial charge in [0.1, 0.15) is 0 Å². The van der Waals surface area contributed by atoms with Gasteiger partial charge in [0.2, 0.25) is 0 Å². The lowest BCUT2D eigenvalue weighted by atomic mass is 10.1. The summed E-state index contributed by atoms with van der Waals surface area (Å²) in [6.07, 6.45) is 0. The quantitative estimate of drug-likeness (QED) is 0.802. The Bertz CT molecular complexity index is 801. The van der Waals surface area contributed by atoms with Crippen LogP contribution in [0.4, 0.5) is 11.5 Å². The third-order valence-electron chi connectivity index (χ3n) is 4.61. The van der Waals surface area contributed by atoms with Gasteiger partial charge in [-0.15, -0.1) is 10.2 Å². The fraction of sp³-hybridized carbons (Fsp3) is 0.368. The van der Waals surface area contributed by atoms with Crippen molar-refractivity contribution in [3.63, 3.8) is 0 Å². The fourth-order valence-electron chi connectivity index (χ4n) is 2.97. The number of nitrogens with zero attached hydrogens (tertiary/aromatic N) is 4. The number of carbonyl (C=O) groups excluding carboxylic acids is 2. The minimum atomic E-state index is -0.515. The number of anilines is 2. The topological polar surface area (TPSA) is 87.7 Å². The second kappa shape index (κ2) is 8.59. The van der Waals surface area contributed by atoms with E-state index in [0.717, 1.165) is 38.5 Å². The van der Waals surface area contributed by atoms with E-state index in [-0.39, 0.29) is 11.3 Å². The van der Waals surface area contributed by atoms with Crippen LogP contribution < -0.4 is 10.2 Å². The van der Waals surface area contributed by atoms with Gasteiger partial charge in [0.25, 0.3) is 5.91 Å². The molecule has 1 aliphatic heterocycles. The highest BCUT2D eigenvalue weighted by molar-refractivity contribution is 6.07. The molecule has 0 bridgehead atoms. The molecular formula is C19H23N5O3. The van der Waals surface area contributed by atoms with Gasteiger partial charge >= 0.3 is 5.97 Å². The van der Waals surface area contributed by atoms with E-state index in [1.807, 2.05) is 0 Å². The summed E-state index contributed by atoms with van der Waals surface area (Å²) in [5, 5.41) is 10.9. The number of likely N-dealkylation sites (N-methyl/N-ethyl adjacent to an activating group) is 1. The fourth-order valence-corrected chi connectivity index (χ4v) is 2.97. The summed E-state index contributed by atoms with van der Waals surface area (Å²) in [5.74, 6) is -0.183. The van der Waals surface area contributed by atoms with E-state index in [2.05, 4.69) is 32.2 Å². The molecule has 0 unspecified atom stereocenters. The highest BCUT2D eigenvalue weighted by Gasteiger charge is 2.19. The summed E-state index contributed by atoms with van der Waals surface area (Å²) in [5.41, 5.74) is 0.841. The van der Waals surface area contributed by atoms with Crippen LogP contribution in [-0.2, 0) is 4.74 Å². The Morgan fingerprint density at radius 3 is 2.44 bits per heavy atom. The van der Waals surface area contributed by atoms with Crippen LogP contribution in [0.3, 0.4) is 0 Å². The Hall–Kier alpha value is -3.00. The molecule has 8 nitrogen and oxygen atoms in total. The highest BCUT2D eigenvalue weighted by atomic mass is 16.5. The third kappa shape index (κ3) is 4.40.